The number of rotatable bonds is 9. The smallest absolute Gasteiger partial charge is 0.421 e. The molecule has 14 heteroatoms. The van der Waals surface area contributed by atoms with E-state index in [0.29, 0.717) is 0 Å². The zero-order valence-corrected chi connectivity index (χ0v) is 16.2. The second kappa shape index (κ2) is 11.3. The van der Waals surface area contributed by atoms with Crippen LogP contribution in [0.5, 0.6) is 0 Å². The van der Waals surface area contributed by atoms with Gasteiger partial charge in [0, 0.05) is 0 Å². The van der Waals surface area contributed by atoms with Crippen LogP contribution in [0.2, 0.25) is 0 Å². The molecule has 1 atom stereocenters. The monoisotopic (exact) mass is 438 g/mol. The fraction of sp³-hybridized carbons (Fsp3) is 1.00. The first-order valence-electron chi connectivity index (χ1n) is 7.70. The molecule has 26 heavy (non-hydrogen) atoms. The highest BCUT2D eigenvalue weighted by Crippen LogP contribution is 2.36. The highest BCUT2D eigenvalue weighted by atomic mass is 32.3. The molecule has 0 rings (SSSR count). The number of sulfonamides is 2. The maximum atomic E-state index is 11.4. The zero-order chi connectivity index (χ0) is 21.2. The molecule has 0 aromatic carbocycles. The van der Waals surface area contributed by atoms with Crippen molar-refractivity contribution in [3.05, 3.63) is 4.13 Å². The first kappa shape index (κ1) is 27.6. The van der Waals surface area contributed by atoms with Crippen LogP contribution in [0.25, 0.3) is 4.13 Å². The highest BCUT2D eigenvalue weighted by Gasteiger charge is 2.46. The average Bonchev–Trinajstić information content (AvgIpc) is 2.44. The van der Waals surface area contributed by atoms with Crippen LogP contribution in [0, 0.1) is 0 Å². The number of nitrogens with zero attached hydrogens (tertiary/aromatic N) is 1. The maximum Gasteiger partial charge on any atom is 0.480 e. The molecule has 0 aromatic rings. The molecule has 0 heterocycles. The van der Waals surface area contributed by atoms with Crippen LogP contribution >= 0.6 is 0 Å². The van der Waals surface area contributed by atoms with Gasteiger partial charge in [0.2, 0.25) is 0 Å². The van der Waals surface area contributed by atoms with E-state index in [4.69, 9.17) is 0 Å². The molecule has 0 aliphatic heterocycles. The Morgan fingerprint density at radius 2 is 1.15 bits per heavy atom. The van der Waals surface area contributed by atoms with Gasteiger partial charge in [-0.1, -0.05) is 26.2 Å². The van der Waals surface area contributed by atoms with Gasteiger partial charge in [-0.3, -0.25) is 0 Å². The van der Waals surface area contributed by atoms with Crippen molar-refractivity contribution in [3.63, 3.8) is 0 Å². The van der Waals surface area contributed by atoms with Crippen molar-refractivity contribution >= 4 is 20.0 Å². The Labute approximate surface area is 150 Å². The van der Waals surface area contributed by atoms with Crippen molar-refractivity contribution < 1.29 is 48.1 Å². The number of unbranched alkanes of at least 4 members (excludes halogenated alkanes) is 4. The van der Waals surface area contributed by atoms with Gasteiger partial charge in [0.25, 0.3) is 0 Å². The molecular weight excluding hydrogens is 414 g/mol. The lowest BCUT2D eigenvalue weighted by Crippen LogP contribution is -3.08. The van der Waals surface area contributed by atoms with Gasteiger partial charge >= 0.3 is 11.0 Å². The Bertz CT molecular complexity index is 546. The Hall–Kier alpha value is -0.600. The van der Waals surface area contributed by atoms with Crippen LogP contribution < -0.4 is 4.90 Å². The lowest BCUT2D eigenvalue weighted by molar-refractivity contribution is -0.877. The van der Waals surface area contributed by atoms with E-state index in [0.717, 1.165) is 4.13 Å². The largest absolute Gasteiger partial charge is 0.480 e. The fourth-order valence-electron chi connectivity index (χ4n) is 1.42. The summed E-state index contributed by atoms with van der Waals surface area (Å²) in [5, 5.41) is 0. The van der Waals surface area contributed by atoms with Crippen LogP contribution in [-0.2, 0) is 20.0 Å². The molecule has 0 saturated carbocycles. The summed E-state index contributed by atoms with van der Waals surface area (Å²) in [6.07, 6.45) is 7.07. The molecule has 6 nitrogen and oxygen atoms in total. The van der Waals surface area contributed by atoms with Gasteiger partial charge in [-0.25, -0.2) is 16.8 Å². The zero-order valence-electron chi connectivity index (χ0n) is 14.6. The molecule has 1 unspecified atom stereocenters. The number of hydrogen-bond acceptors (Lipinski definition) is 4. The Morgan fingerprint density at radius 1 is 0.769 bits per heavy atom. The van der Waals surface area contributed by atoms with E-state index in [1.54, 1.807) is 4.90 Å². The molecule has 0 bridgehead atoms. The first-order chi connectivity index (χ1) is 11.5. The Balaban J connectivity index is 0. The van der Waals surface area contributed by atoms with Crippen LogP contribution in [0.1, 0.15) is 46.0 Å². The SMILES string of the molecule is CCCCCCC[NH+](C)CC.O=S(=O)([N-]S(=O)(=O)C(F)(F)F)C(F)(F)F. The normalized spacial score (nSPS) is 14.5. The minimum atomic E-state index is -6.72. The van der Waals surface area contributed by atoms with Crippen molar-refractivity contribution in [1.29, 1.82) is 0 Å². The molecule has 1 N–H and O–H groups in total. The molecule has 0 aliphatic rings. The quantitative estimate of drug-likeness (QED) is 0.443. The van der Waals surface area contributed by atoms with Crippen molar-refractivity contribution in [2.24, 2.45) is 0 Å². The van der Waals surface area contributed by atoms with Crippen molar-refractivity contribution in [2.45, 2.75) is 57.0 Å². The van der Waals surface area contributed by atoms with Gasteiger partial charge in [-0.2, -0.15) is 26.3 Å². The van der Waals surface area contributed by atoms with E-state index in [-0.39, 0.29) is 0 Å². The van der Waals surface area contributed by atoms with E-state index in [9.17, 15) is 43.2 Å². The molecular formula is C12H24F6N2O4S2. The summed E-state index contributed by atoms with van der Waals surface area (Å²) in [6, 6.07) is 0. The number of halogens is 6. The first-order valence-corrected chi connectivity index (χ1v) is 10.6. The summed E-state index contributed by atoms with van der Waals surface area (Å²) in [4.78, 5) is 1.67. The summed E-state index contributed by atoms with van der Waals surface area (Å²) in [5.74, 6) is 0. The van der Waals surface area contributed by atoms with E-state index in [1.165, 1.54) is 45.2 Å². The van der Waals surface area contributed by atoms with E-state index in [2.05, 4.69) is 20.9 Å². The van der Waals surface area contributed by atoms with Crippen molar-refractivity contribution in [1.82, 2.24) is 0 Å². The highest BCUT2D eigenvalue weighted by molar-refractivity contribution is 8.13. The number of alkyl halides is 6. The molecule has 0 aromatic heterocycles. The Morgan fingerprint density at radius 3 is 1.46 bits per heavy atom. The lowest BCUT2D eigenvalue weighted by Gasteiger charge is -2.22. The number of quaternary nitrogens is 1. The third kappa shape index (κ3) is 11.2. The molecule has 0 saturated heterocycles. The molecule has 0 aliphatic carbocycles. The second-order valence-corrected chi connectivity index (χ2v) is 8.81. The van der Waals surface area contributed by atoms with Gasteiger partial charge in [-0.15, -0.1) is 0 Å². The third-order valence-corrected chi connectivity index (χ3v) is 5.83. The summed E-state index contributed by atoms with van der Waals surface area (Å²) >= 11 is 0. The number of hydrogen-bond donors (Lipinski definition) is 1. The summed E-state index contributed by atoms with van der Waals surface area (Å²) in [7, 11) is -11.2. The standard InChI is InChI=1S/C10H23N.C2F6NO4S2/c1-4-6-7-8-9-10-11(3)5-2;3-1(4,5)14(10,11)9-15(12,13)2(6,7)8/h4-10H2,1-3H3;/q;-1/p+1. The third-order valence-electron chi connectivity index (χ3n) is 3.09. The predicted octanol–water partition coefficient (Wildman–Crippen LogP) is 2.55. The van der Waals surface area contributed by atoms with Gasteiger partial charge < -0.3 is 9.03 Å². The lowest BCUT2D eigenvalue weighted by atomic mass is 10.1. The topological polar surface area (TPSA) is 86.8 Å². The van der Waals surface area contributed by atoms with Gasteiger partial charge in [0.15, 0.2) is 20.0 Å². The molecule has 160 valence electrons. The minimum absolute atomic E-state index is 0.778. The van der Waals surface area contributed by atoms with E-state index < -0.39 is 31.1 Å². The van der Waals surface area contributed by atoms with Crippen LogP contribution in [0.15, 0.2) is 0 Å². The van der Waals surface area contributed by atoms with Crippen molar-refractivity contribution in [2.75, 3.05) is 20.1 Å². The second-order valence-electron chi connectivity index (χ2n) is 5.39. The van der Waals surface area contributed by atoms with Crippen LogP contribution in [-0.4, -0.2) is 48.0 Å². The molecule has 0 amide bonds. The fourth-order valence-corrected chi connectivity index (χ4v) is 3.13. The maximum absolute atomic E-state index is 11.4. The van der Waals surface area contributed by atoms with Gasteiger partial charge in [-0.05, 0) is 19.8 Å². The van der Waals surface area contributed by atoms with Crippen LogP contribution in [0.4, 0.5) is 26.3 Å². The number of nitrogens with one attached hydrogen (secondary N) is 1. The molecule has 0 fully saturated rings. The van der Waals surface area contributed by atoms with Crippen LogP contribution in [0.3, 0.4) is 0 Å². The average molecular weight is 438 g/mol. The Kier molecular flexibility index (Phi) is 12.0. The minimum Gasteiger partial charge on any atom is -0.421 e. The predicted molar refractivity (Wildman–Crippen MR) is 84.4 cm³/mol. The van der Waals surface area contributed by atoms with Crippen molar-refractivity contribution in [3.8, 4) is 0 Å². The van der Waals surface area contributed by atoms with E-state index >= 15 is 0 Å². The molecule has 0 spiro atoms. The van der Waals surface area contributed by atoms with E-state index in [1.807, 2.05) is 0 Å². The summed E-state index contributed by atoms with van der Waals surface area (Å²) in [5.41, 5.74) is -12.4. The van der Waals surface area contributed by atoms with Gasteiger partial charge in [0.05, 0.1) is 20.1 Å². The summed E-state index contributed by atoms with van der Waals surface area (Å²) < 4.78 is 109. The van der Waals surface area contributed by atoms with Gasteiger partial charge in [0.1, 0.15) is 0 Å². The molecule has 0 radical (unpaired) electrons. The summed E-state index contributed by atoms with van der Waals surface area (Å²) in [6.45, 7) is 7.15.